The minimum atomic E-state index is -0.664. The highest BCUT2D eigenvalue weighted by molar-refractivity contribution is 5.70. The molecule has 1 saturated heterocycles. The van der Waals surface area contributed by atoms with Crippen molar-refractivity contribution in [1.82, 2.24) is 4.90 Å². The lowest BCUT2D eigenvalue weighted by atomic mass is 9.90. The molecule has 4 heteroatoms. The van der Waals surface area contributed by atoms with E-state index in [9.17, 15) is 9.90 Å². The van der Waals surface area contributed by atoms with Gasteiger partial charge in [-0.25, -0.2) is 0 Å². The summed E-state index contributed by atoms with van der Waals surface area (Å²) < 4.78 is 0. The summed E-state index contributed by atoms with van der Waals surface area (Å²) in [6.07, 6.45) is 2.39. The Morgan fingerprint density at radius 3 is 2.60 bits per heavy atom. The molecule has 0 radical (unpaired) electrons. The summed E-state index contributed by atoms with van der Waals surface area (Å²) >= 11 is 0. The van der Waals surface area contributed by atoms with Crippen molar-refractivity contribution < 1.29 is 15.0 Å². The van der Waals surface area contributed by atoms with E-state index in [1.807, 2.05) is 12.1 Å². The minimum Gasteiger partial charge on any atom is -0.508 e. The van der Waals surface area contributed by atoms with Gasteiger partial charge in [0.15, 0.2) is 0 Å². The van der Waals surface area contributed by atoms with Crippen LogP contribution in [0, 0.1) is 5.92 Å². The number of hydrogen-bond donors (Lipinski definition) is 2. The van der Waals surface area contributed by atoms with E-state index in [0.29, 0.717) is 12.1 Å². The van der Waals surface area contributed by atoms with Gasteiger partial charge in [0.25, 0.3) is 0 Å². The Hall–Kier alpha value is -1.55. The van der Waals surface area contributed by atoms with E-state index in [1.54, 1.807) is 12.1 Å². The first-order chi connectivity index (χ1) is 9.47. The third kappa shape index (κ3) is 3.51. The molecular formula is C16H23NO3. The highest BCUT2D eigenvalue weighted by Gasteiger charge is 2.31. The van der Waals surface area contributed by atoms with Crippen molar-refractivity contribution in [2.24, 2.45) is 5.92 Å². The predicted molar refractivity (Wildman–Crippen MR) is 77.8 cm³/mol. The van der Waals surface area contributed by atoms with Crippen LogP contribution >= 0.6 is 0 Å². The van der Waals surface area contributed by atoms with Crippen molar-refractivity contribution in [1.29, 1.82) is 0 Å². The number of aliphatic carboxylic acids is 1. The monoisotopic (exact) mass is 277 g/mol. The van der Waals surface area contributed by atoms with Gasteiger partial charge in [-0.15, -0.1) is 0 Å². The van der Waals surface area contributed by atoms with E-state index >= 15 is 0 Å². The van der Waals surface area contributed by atoms with Crippen molar-refractivity contribution in [3.63, 3.8) is 0 Å². The van der Waals surface area contributed by atoms with Gasteiger partial charge in [0.2, 0.25) is 0 Å². The molecule has 1 aromatic carbocycles. The second-order valence-corrected chi connectivity index (χ2v) is 5.87. The first-order valence-electron chi connectivity index (χ1n) is 7.24. The van der Waals surface area contributed by atoms with Gasteiger partial charge in [0.1, 0.15) is 5.75 Å². The van der Waals surface area contributed by atoms with E-state index < -0.39 is 5.97 Å². The maximum Gasteiger partial charge on any atom is 0.306 e. The SMILES string of the molecule is CC(Cc1ccc(O)cc1)N1CCC(C(=O)O)CC1C. The van der Waals surface area contributed by atoms with Gasteiger partial charge in [-0.2, -0.15) is 0 Å². The number of aromatic hydroxyl groups is 1. The van der Waals surface area contributed by atoms with Crippen LogP contribution in [0.5, 0.6) is 5.75 Å². The molecule has 3 atom stereocenters. The number of phenols is 1. The molecule has 0 spiro atoms. The second-order valence-electron chi connectivity index (χ2n) is 5.87. The number of likely N-dealkylation sites (tertiary alicyclic amines) is 1. The van der Waals surface area contributed by atoms with Crippen LogP contribution in [0.1, 0.15) is 32.3 Å². The largest absolute Gasteiger partial charge is 0.508 e. The van der Waals surface area contributed by atoms with Crippen LogP contribution in [-0.2, 0) is 11.2 Å². The molecule has 3 unspecified atom stereocenters. The number of piperidine rings is 1. The lowest BCUT2D eigenvalue weighted by molar-refractivity contribution is -0.144. The molecule has 4 nitrogen and oxygen atoms in total. The highest BCUT2D eigenvalue weighted by Crippen LogP contribution is 2.26. The summed E-state index contributed by atoms with van der Waals surface area (Å²) in [5.41, 5.74) is 1.20. The van der Waals surface area contributed by atoms with Crippen LogP contribution in [0.3, 0.4) is 0 Å². The number of carboxylic acid groups (broad SMARTS) is 1. The number of carbonyl (C=O) groups is 1. The lowest BCUT2D eigenvalue weighted by Gasteiger charge is -2.40. The Labute approximate surface area is 120 Å². The Morgan fingerprint density at radius 1 is 1.40 bits per heavy atom. The number of rotatable bonds is 4. The fraction of sp³-hybridized carbons (Fsp3) is 0.562. The van der Waals surface area contributed by atoms with E-state index in [1.165, 1.54) is 5.56 Å². The third-order valence-corrected chi connectivity index (χ3v) is 4.31. The summed E-state index contributed by atoms with van der Waals surface area (Å²) in [7, 11) is 0. The molecule has 1 heterocycles. The maximum absolute atomic E-state index is 11.1. The number of benzene rings is 1. The minimum absolute atomic E-state index is 0.192. The first kappa shape index (κ1) is 14.9. The average molecular weight is 277 g/mol. The van der Waals surface area contributed by atoms with Gasteiger partial charge in [0.05, 0.1) is 5.92 Å². The molecule has 20 heavy (non-hydrogen) atoms. The van der Waals surface area contributed by atoms with Crippen LogP contribution < -0.4 is 0 Å². The normalized spacial score (nSPS) is 25.3. The molecule has 0 saturated carbocycles. The highest BCUT2D eigenvalue weighted by atomic mass is 16.4. The fourth-order valence-electron chi connectivity index (χ4n) is 3.16. The van der Waals surface area contributed by atoms with Gasteiger partial charge in [-0.1, -0.05) is 12.1 Å². The summed E-state index contributed by atoms with van der Waals surface area (Å²) in [5.74, 6) is -0.568. The number of carboxylic acids is 1. The van der Waals surface area contributed by atoms with E-state index in [2.05, 4.69) is 18.7 Å². The quantitative estimate of drug-likeness (QED) is 0.887. The van der Waals surface area contributed by atoms with Gasteiger partial charge >= 0.3 is 5.97 Å². The Kier molecular flexibility index (Phi) is 4.65. The number of hydrogen-bond acceptors (Lipinski definition) is 3. The van der Waals surface area contributed by atoms with Gasteiger partial charge in [0, 0.05) is 12.1 Å². The van der Waals surface area contributed by atoms with Crippen molar-refractivity contribution in [2.75, 3.05) is 6.54 Å². The molecule has 0 amide bonds. The molecule has 1 aliphatic heterocycles. The van der Waals surface area contributed by atoms with Crippen LogP contribution in [0.15, 0.2) is 24.3 Å². The fourth-order valence-corrected chi connectivity index (χ4v) is 3.16. The Morgan fingerprint density at radius 2 is 2.05 bits per heavy atom. The van der Waals surface area contributed by atoms with E-state index in [4.69, 9.17) is 5.11 Å². The zero-order valence-corrected chi connectivity index (χ0v) is 12.1. The van der Waals surface area contributed by atoms with Crippen molar-refractivity contribution in [3.8, 4) is 5.75 Å². The summed E-state index contributed by atoms with van der Waals surface area (Å²) in [6.45, 7) is 5.14. The van der Waals surface area contributed by atoms with Crippen molar-refractivity contribution >= 4 is 5.97 Å². The Bertz CT molecular complexity index is 457. The smallest absolute Gasteiger partial charge is 0.306 e. The molecule has 0 aliphatic carbocycles. The maximum atomic E-state index is 11.1. The first-order valence-corrected chi connectivity index (χ1v) is 7.24. The van der Waals surface area contributed by atoms with E-state index in [-0.39, 0.29) is 11.7 Å². The summed E-state index contributed by atoms with van der Waals surface area (Å²) in [6, 6.07) is 7.99. The van der Waals surface area contributed by atoms with Crippen molar-refractivity contribution in [3.05, 3.63) is 29.8 Å². The van der Waals surface area contributed by atoms with Crippen LogP contribution in [0.4, 0.5) is 0 Å². The van der Waals surface area contributed by atoms with Gasteiger partial charge in [-0.3, -0.25) is 9.69 Å². The predicted octanol–water partition coefficient (Wildman–Crippen LogP) is 2.51. The average Bonchev–Trinajstić information content (AvgIpc) is 2.41. The van der Waals surface area contributed by atoms with Crippen molar-refractivity contribution in [2.45, 2.75) is 45.2 Å². The van der Waals surface area contributed by atoms with E-state index in [0.717, 1.165) is 25.8 Å². The van der Waals surface area contributed by atoms with Crippen LogP contribution in [0.2, 0.25) is 0 Å². The zero-order valence-electron chi connectivity index (χ0n) is 12.1. The van der Waals surface area contributed by atoms with Gasteiger partial charge < -0.3 is 10.2 Å². The molecule has 1 aliphatic rings. The molecule has 110 valence electrons. The summed E-state index contributed by atoms with van der Waals surface area (Å²) in [5, 5.41) is 18.4. The Balaban J connectivity index is 1.94. The van der Waals surface area contributed by atoms with Crippen LogP contribution in [-0.4, -0.2) is 39.7 Å². The number of nitrogens with zero attached hydrogens (tertiary/aromatic N) is 1. The molecule has 2 rings (SSSR count). The molecule has 1 aromatic rings. The van der Waals surface area contributed by atoms with Gasteiger partial charge in [-0.05, 0) is 57.4 Å². The molecule has 1 fully saturated rings. The third-order valence-electron chi connectivity index (χ3n) is 4.31. The summed E-state index contributed by atoms with van der Waals surface area (Å²) in [4.78, 5) is 13.5. The standard InChI is InChI=1S/C16H23NO3/c1-11(9-13-3-5-15(18)6-4-13)17-8-7-14(16(19)20)10-12(17)2/h3-6,11-12,14,18H,7-10H2,1-2H3,(H,19,20). The second kappa shape index (κ2) is 6.27. The molecular weight excluding hydrogens is 254 g/mol. The lowest BCUT2D eigenvalue weighted by Crippen LogP contribution is -2.47. The molecule has 0 bridgehead atoms. The zero-order chi connectivity index (χ0) is 14.7. The van der Waals surface area contributed by atoms with Crippen LogP contribution in [0.25, 0.3) is 0 Å². The topological polar surface area (TPSA) is 60.8 Å². The molecule has 2 N–H and O–H groups in total. The number of phenolic OH excluding ortho intramolecular Hbond substituents is 1. The molecule has 0 aromatic heterocycles.